The van der Waals surface area contributed by atoms with Gasteiger partial charge in [-0.25, -0.2) is 0 Å². The molecule has 1 unspecified atom stereocenters. The number of carbonyl (C=O) groups excluding carboxylic acids is 2. The lowest BCUT2D eigenvalue weighted by atomic mass is 10.0. The van der Waals surface area contributed by atoms with E-state index >= 15 is 0 Å². The smallest absolute Gasteiger partial charge is 0.248 e. The molecule has 0 spiro atoms. The number of hydrogen-bond acceptors (Lipinski definition) is 3. The van der Waals surface area contributed by atoms with Crippen LogP contribution in [0.4, 0.5) is 0 Å². The Kier molecular flexibility index (Phi) is 22.7. The zero-order chi connectivity index (χ0) is 23.0. The Morgan fingerprint density at radius 2 is 1.03 bits per heavy atom. The Hall–Kier alpha value is -1.10. The van der Waals surface area contributed by atoms with Crippen LogP contribution in [0.25, 0.3) is 0 Å². The molecule has 0 heterocycles. The molecule has 5 nitrogen and oxygen atoms in total. The van der Waals surface area contributed by atoms with E-state index in [9.17, 15) is 14.7 Å². The van der Waals surface area contributed by atoms with Gasteiger partial charge < -0.3 is 15.7 Å². The normalized spacial score (nSPS) is 12.0. The molecule has 0 aliphatic carbocycles. The van der Waals surface area contributed by atoms with Crippen LogP contribution in [-0.2, 0) is 9.59 Å². The molecule has 0 aromatic carbocycles. The minimum Gasteiger partial charge on any atom is -0.383 e. The fourth-order valence-electron chi connectivity index (χ4n) is 3.79. The highest BCUT2D eigenvalue weighted by Crippen LogP contribution is 2.13. The summed E-state index contributed by atoms with van der Waals surface area (Å²) < 4.78 is 0. The van der Waals surface area contributed by atoms with Crippen molar-refractivity contribution in [3.8, 4) is 0 Å². The second kappa shape index (κ2) is 23.6. The van der Waals surface area contributed by atoms with Gasteiger partial charge in [-0.3, -0.25) is 9.59 Å². The van der Waals surface area contributed by atoms with Gasteiger partial charge >= 0.3 is 0 Å². The van der Waals surface area contributed by atoms with E-state index in [1.807, 2.05) is 0 Å². The molecular formula is C26H52N2O3. The summed E-state index contributed by atoms with van der Waals surface area (Å²) in [6, 6.07) is 0. The standard InChI is InChI=1S/C26H52N2O3/c1-3-5-7-8-9-10-11-12-13-14-15-16-17-19-20-24(29)26(31)28-23-22-27-25(30)21-18-6-4-2/h24,29H,3-23H2,1-2H3,(H,27,30)(H,28,31). The van der Waals surface area contributed by atoms with Crippen LogP contribution >= 0.6 is 0 Å². The minimum atomic E-state index is -0.933. The summed E-state index contributed by atoms with van der Waals surface area (Å²) in [5.74, 6) is -0.291. The van der Waals surface area contributed by atoms with Gasteiger partial charge in [0.05, 0.1) is 0 Å². The van der Waals surface area contributed by atoms with Crippen molar-refractivity contribution in [3.63, 3.8) is 0 Å². The van der Waals surface area contributed by atoms with Crippen molar-refractivity contribution in [2.45, 2.75) is 142 Å². The van der Waals surface area contributed by atoms with Crippen molar-refractivity contribution in [2.75, 3.05) is 13.1 Å². The number of aliphatic hydroxyl groups excluding tert-OH is 1. The summed E-state index contributed by atoms with van der Waals surface area (Å²) in [4.78, 5) is 23.5. The Balaban J connectivity index is 3.38. The highest BCUT2D eigenvalue weighted by molar-refractivity contribution is 5.80. The lowest BCUT2D eigenvalue weighted by Crippen LogP contribution is -2.39. The fourth-order valence-corrected chi connectivity index (χ4v) is 3.79. The molecule has 0 aliphatic heterocycles. The summed E-state index contributed by atoms with van der Waals surface area (Å²) in [5, 5.41) is 15.5. The van der Waals surface area contributed by atoms with E-state index in [-0.39, 0.29) is 11.8 Å². The monoisotopic (exact) mass is 440 g/mol. The van der Waals surface area contributed by atoms with Crippen LogP contribution in [-0.4, -0.2) is 36.1 Å². The molecule has 184 valence electrons. The average Bonchev–Trinajstić information content (AvgIpc) is 2.76. The van der Waals surface area contributed by atoms with E-state index in [2.05, 4.69) is 24.5 Å². The number of hydrogen-bond donors (Lipinski definition) is 3. The first-order valence-electron chi connectivity index (χ1n) is 13.3. The second-order valence-corrected chi connectivity index (χ2v) is 9.00. The number of unbranched alkanes of at least 4 members (excludes halogenated alkanes) is 15. The third kappa shape index (κ3) is 21.9. The highest BCUT2D eigenvalue weighted by atomic mass is 16.3. The molecule has 0 aromatic rings. The number of amides is 2. The summed E-state index contributed by atoms with van der Waals surface area (Å²) in [6.45, 7) is 5.16. The van der Waals surface area contributed by atoms with E-state index < -0.39 is 6.10 Å². The van der Waals surface area contributed by atoms with Crippen LogP contribution in [0, 0.1) is 0 Å². The molecule has 0 rings (SSSR count). The molecule has 0 bridgehead atoms. The van der Waals surface area contributed by atoms with Gasteiger partial charge in [0.25, 0.3) is 0 Å². The third-order valence-electron chi connectivity index (χ3n) is 5.89. The summed E-state index contributed by atoms with van der Waals surface area (Å²) >= 11 is 0. The molecule has 0 saturated heterocycles. The van der Waals surface area contributed by atoms with Gasteiger partial charge in [-0.05, 0) is 12.8 Å². The molecule has 31 heavy (non-hydrogen) atoms. The van der Waals surface area contributed by atoms with Gasteiger partial charge in [-0.1, -0.05) is 117 Å². The highest BCUT2D eigenvalue weighted by Gasteiger charge is 2.13. The molecule has 1 atom stereocenters. The predicted molar refractivity (Wildman–Crippen MR) is 131 cm³/mol. The molecule has 0 radical (unpaired) electrons. The Morgan fingerprint density at radius 1 is 0.613 bits per heavy atom. The van der Waals surface area contributed by atoms with E-state index in [1.54, 1.807) is 0 Å². The molecule has 2 amide bonds. The van der Waals surface area contributed by atoms with Crippen molar-refractivity contribution in [1.82, 2.24) is 10.6 Å². The van der Waals surface area contributed by atoms with Crippen LogP contribution in [0.3, 0.4) is 0 Å². The zero-order valence-corrected chi connectivity index (χ0v) is 20.7. The van der Waals surface area contributed by atoms with Gasteiger partial charge in [0.15, 0.2) is 0 Å². The van der Waals surface area contributed by atoms with Crippen molar-refractivity contribution >= 4 is 11.8 Å². The zero-order valence-electron chi connectivity index (χ0n) is 20.7. The van der Waals surface area contributed by atoms with Crippen LogP contribution < -0.4 is 10.6 Å². The largest absolute Gasteiger partial charge is 0.383 e. The molecule has 0 saturated carbocycles. The van der Waals surface area contributed by atoms with Crippen molar-refractivity contribution in [2.24, 2.45) is 0 Å². The van der Waals surface area contributed by atoms with Gasteiger partial charge in [-0.2, -0.15) is 0 Å². The van der Waals surface area contributed by atoms with E-state index in [1.165, 1.54) is 77.0 Å². The topological polar surface area (TPSA) is 78.4 Å². The molecule has 0 aromatic heterocycles. The lowest BCUT2D eigenvalue weighted by Gasteiger charge is -2.12. The summed E-state index contributed by atoms with van der Waals surface area (Å²) in [7, 11) is 0. The molecule has 0 fully saturated rings. The van der Waals surface area contributed by atoms with Crippen LogP contribution in [0.2, 0.25) is 0 Å². The summed E-state index contributed by atoms with van der Waals surface area (Å²) in [6.07, 6.45) is 21.4. The van der Waals surface area contributed by atoms with Gasteiger partial charge in [0.1, 0.15) is 6.10 Å². The first kappa shape index (κ1) is 29.9. The van der Waals surface area contributed by atoms with Gasteiger partial charge in [-0.15, -0.1) is 0 Å². The average molecular weight is 441 g/mol. The fraction of sp³-hybridized carbons (Fsp3) is 0.923. The maximum atomic E-state index is 11.9. The van der Waals surface area contributed by atoms with Gasteiger partial charge in [0.2, 0.25) is 11.8 Å². The van der Waals surface area contributed by atoms with Crippen LogP contribution in [0.1, 0.15) is 136 Å². The molecular weight excluding hydrogens is 388 g/mol. The number of carbonyl (C=O) groups is 2. The van der Waals surface area contributed by atoms with E-state index in [0.717, 1.165) is 32.1 Å². The lowest BCUT2D eigenvalue weighted by molar-refractivity contribution is -0.130. The molecule has 5 heteroatoms. The SMILES string of the molecule is CCCCCCCCCCCCCCCCC(O)C(=O)NCCNC(=O)CCCCC. The minimum absolute atomic E-state index is 0.0330. The quantitative estimate of drug-likeness (QED) is 0.170. The van der Waals surface area contributed by atoms with Crippen LogP contribution in [0.5, 0.6) is 0 Å². The predicted octanol–water partition coefficient (Wildman–Crippen LogP) is 6.03. The van der Waals surface area contributed by atoms with Crippen molar-refractivity contribution in [3.05, 3.63) is 0 Å². The first-order valence-corrected chi connectivity index (χ1v) is 13.3. The number of rotatable bonds is 23. The first-order chi connectivity index (χ1) is 15.1. The Morgan fingerprint density at radius 3 is 1.55 bits per heavy atom. The second-order valence-electron chi connectivity index (χ2n) is 9.00. The van der Waals surface area contributed by atoms with Crippen molar-refractivity contribution in [1.29, 1.82) is 0 Å². The van der Waals surface area contributed by atoms with E-state index in [0.29, 0.717) is 25.9 Å². The molecule has 3 N–H and O–H groups in total. The third-order valence-corrected chi connectivity index (χ3v) is 5.89. The maximum Gasteiger partial charge on any atom is 0.248 e. The Labute approximate surface area is 192 Å². The number of aliphatic hydroxyl groups is 1. The van der Waals surface area contributed by atoms with E-state index in [4.69, 9.17) is 0 Å². The van der Waals surface area contributed by atoms with Gasteiger partial charge in [0, 0.05) is 19.5 Å². The van der Waals surface area contributed by atoms with Crippen LogP contribution in [0.15, 0.2) is 0 Å². The molecule has 0 aliphatic rings. The Bertz CT molecular complexity index is 415. The summed E-state index contributed by atoms with van der Waals surface area (Å²) in [5.41, 5.74) is 0. The number of nitrogens with one attached hydrogen (secondary N) is 2. The maximum absolute atomic E-state index is 11.9. The van der Waals surface area contributed by atoms with Crippen molar-refractivity contribution < 1.29 is 14.7 Å².